The first-order chi connectivity index (χ1) is 11.9. The van der Waals surface area contributed by atoms with Crippen LogP contribution in [0.3, 0.4) is 0 Å². The number of nitrogens with zero attached hydrogens (tertiary/aromatic N) is 1. The Morgan fingerprint density at radius 3 is 2.56 bits per heavy atom. The van der Waals surface area contributed by atoms with Gasteiger partial charge in [-0.2, -0.15) is 0 Å². The minimum absolute atomic E-state index is 0.0250. The SMILES string of the molecule is Cc1cc(C)c(N2CC(C(=O)NC3CCNCC3C)CC2=O)c(C)c1. The van der Waals surface area contributed by atoms with E-state index in [9.17, 15) is 9.59 Å². The molecule has 0 aromatic heterocycles. The van der Waals surface area contributed by atoms with Gasteiger partial charge in [-0.05, 0) is 57.3 Å². The second-order valence-electron chi connectivity index (χ2n) is 7.74. The lowest BCUT2D eigenvalue weighted by Crippen LogP contribution is -2.50. The van der Waals surface area contributed by atoms with E-state index >= 15 is 0 Å². The zero-order valence-electron chi connectivity index (χ0n) is 15.7. The summed E-state index contributed by atoms with van der Waals surface area (Å²) in [7, 11) is 0. The summed E-state index contributed by atoms with van der Waals surface area (Å²) < 4.78 is 0. The van der Waals surface area contributed by atoms with E-state index in [1.165, 1.54) is 5.56 Å². The lowest BCUT2D eigenvalue weighted by Gasteiger charge is -2.31. The van der Waals surface area contributed by atoms with Crippen LogP contribution in [0.4, 0.5) is 5.69 Å². The van der Waals surface area contributed by atoms with Crippen LogP contribution in [-0.2, 0) is 9.59 Å². The molecule has 0 saturated carbocycles. The van der Waals surface area contributed by atoms with Crippen LogP contribution < -0.4 is 15.5 Å². The number of rotatable bonds is 3. The Morgan fingerprint density at radius 2 is 1.92 bits per heavy atom. The Kier molecular flexibility index (Phi) is 5.13. The van der Waals surface area contributed by atoms with Crippen LogP contribution in [0.15, 0.2) is 12.1 Å². The molecule has 0 radical (unpaired) electrons. The van der Waals surface area contributed by atoms with Crippen LogP contribution in [0.25, 0.3) is 0 Å². The van der Waals surface area contributed by atoms with Crippen LogP contribution in [0.5, 0.6) is 0 Å². The fourth-order valence-corrected chi connectivity index (χ4v) is 4.23. The molecule has 3 atom stereocenters. The monoisotopic (exact) mass is 343 g/mol. The first kappa shape index (κ1) is 17.9. The van der Waals surface area contributed by atoms with Crippen LogP contribution in [-0.4, -0.2) is 37.5 Å². The van der Waals surface area contributed by atoms with Crippen molar-refractivity contribution >= 4 is 17.5 Å². The fourth-order valence-electron chi connectivity index (χ4n) is 4.23. The van der Waals surface area contributed by atoms with Gasteiger partial charge < -0.3 is 15.5 Å². The third-order valence-electron chi connectivity index (χ3n) is 5.51. The molecule has 1 aromatic rings. The molecule has 2 aliphatic heterocycles. The average molecular weight is 343 g/mol. The van der Waals surface area contributed by atoms with Gasteiger partial charge in [-0.15, -0.1) is 0 Å². The van der Waals surface area contributed by atoms with Crippen molar-refractivity contribution in [1.29, 1.82) is 0 Å². The second-order valence-corrected chi connectivity index (χ2v) is 7.74. The summed E-state index contributed by atoms with van der Waals surface area (Å²) in [6, 6.07) is 4.40. The summed E-state index contributed by atoms with van der Waals surface area (Å²) in [5.41, 5.74) is 4.36. The number of anilines is 1. The highest BCUT2D eigenvalue weighted by atomic mass is 16.2. The highest BCUT2D eigenvalue weighted by Crippen LogP contribution is 2.32. The van der Waals surface area contributed by atoms with Crippen molar-refractivity contribution in [3.63, 3.8) is 0 Å². The number of aryl methyl sites for hydroxylation is 3. The molecule has 1 aromatic carbocycles. The van der Waals surface area contributed by atoms with E-state index in [1.54, 1.807) is 4.90 Å². The minimum Gasteiger partial charge on any atom is -0.353 e. The molecule has 2 aliphatic rings. The number of hydrogen-bond donors (Lipinski definition) is 2. The highest BCUT2D eigenvalue weighted by Gasteiger charge is 2.37. The van der Waals surface area contributed by atoms with Crippen molar-refractivity contribution < 1.29 is 9.59 Å². The maximum atomic E-state index is 12.7. The van der Waals surface area contributed by atoms with Crippen molar-refractivity contribution in [3.05, 3.63) is 28.8 Å². The summed E-state index contributed by atoms with van der Waals surface area (Å²) in [6.07, 6.45) is 1.26. The van der Waals surface area contributed by atoms with Gasteiger partial charge in [0, 0.05) is 24.7 Å². The van der Waals surface area contributed by atoms with E-state index in [0.717, 1.165) is 36.3 Å². The number of amides is 2. The molecule has 0 bridgehead atoms. The van der Waals surface area contributed by atoms with Crippen molar-refractivity contribution in [2.24, 2.45) is 11.8 Å². The molecule has 0 spiro atoms. The Hall–Kier alpha value is -1.88. The van der Waals surface area contributed by atoms with Crippen molar-refractivity contribution in [2.45, 2.75) is 46.6 Å². The molecule has 3 unspecified atom stereocenters. The summed E-state index contributed by atoms with van der Waals surface area (Å²) in [5.74, 6) is 0.243. The zero-order valence-corrected chi connectivity index (χ0v) is 15.7. The predicted molar refractivity (Wildman–Crippen MR) is 99.7 cm³/mol. The first-order valence-corrected chi connectivity index (χ1v) is 9.26. The molecule has 2 heterocycles. The molecule has 5 heteroatoms. The van der Waals surface area contributed by atoms with Gasteiger partial charge in [-0.25, -0.2) is 0 Å². The van der Waals surface area contributed by atoms with Gasteiger partial charge in [-0.3, -0.25) is 9.59 Å². The Bertz CT molecular complexity index is 663. The van der Waals surface area contributed by atoms with E-state index in [2.05, 4.69) is 36.6 Å². The van der Waals surface area contributed by atoms with Crippen molar-refractivity contribution in [2.75, 3.05) is 24.5 Å². The lowest BCUT2D eigenvalue weighted by molar-refractivity contribution is -0.127. The minimum atomic E-state index is -0.255. The Labute approximate surface area is 150 Å². The lowest BCUT2D eigenvalue weighted by atomic mass is 9.94. The highest BCUT2D eigenvalue weighted by molar-refractivity contribution is 6.01. The van der Waals surface area contributed by atoms with Crippen LogP contribution in [0, 0.1) is 32.6 Å². The normalized spacial score (nSPS) is 26.8. The molecule has 25 heavy (non-hydrogen) atoms. The summed E-state index contributed by atoms with van der Waals surface area (Å²) in [6.45, 7) is 10.6. The molecule has 136 valence electrons. The van der Waals surface area contributed by atoms with E-state index in [0.29, 0.717) is 18.9 Å². The van der Waals surface area contributed by atoms with Crippen LogP contribution >= 0.6 is 0 Å². The Balaban J connectivity index is 1.71. The van der Waals surface area contributed by atoms with Crippen molar-refractivity contribution in [3.8, 4) is 0 Å². The largest absolute Gasteiger partial charge is 0.353 e. The second kappa shape index (κ2) is 7.16. The number of hydrogen-bond acceptors (Lipinski definition) is 3. The quantitative estimate of drug-likeness (QED) is 0.883. The summed E-state index contributed by atoms with van der Waals surface area (Å²) in [5, 5.41) is 6.53. The molecule has 5 nitrogen and oxygen atoms in total. The van der Waals surface area contributed by atoms with Gasteiger partial charge in [0.1, 0.15) is 0 Å². The standard InChI is InChI=1S/C20H29N3O2/c1-12-7-13(2)19(14(3)8-12)23-11-16(9-18(23)24)20(25)22-17-5-6-21-10-15(17)4/h7-8,15-17,21H,5-6,9-11H2,1-4H3,(H,22,25). The van der Waals surface area contributed by atoms with Crippen LogP contribution in [0.1, 0.15) is 36.5 Å². The number of carbonyl (C=O) groups is 2. The number of piperidine rings is 1. The zero-order chi connectivity index (χ0) is 18.1. The third-order valence-corrected chi connectivity index (χ3v) is 5.51. The first-order valence-electron chi connectivity index (χ1n) is 9.26. The fraction of sp³-hybridized carbons (Fsp3) is 0.600. The van der Waals surface area contributed by atoms with E-state index in [4.69, 9.17) is 0 Å². The summed E-state index contributed by atoms with van der Waals surface area (Å²) in [4.78, 5) is 27.1. The van der Waals surface area contributed by atoms with Gasteiger partial charge >= 0.3 is 0 Å². The van der Waals surface area contributed by atoms with Crippen LogP contribution in [0.2, 0.25) is 0 Å². The average Bonchev–Trinajstić information content (AvgIpc) is 2.90. The molecule has 2 amide bonds. The van der Waals surface area contributed by atoms with Gasteiger partial charge in [0.05, 0.1) is 5.92 Å². The third kappa shape index (κ3) is 3.71. The number of benzene rings is 1. The molecule has 2 N–H and O–H groups in total. The van der Waals surface area contributed by atoms with Gasteiger partial charge in [-0.1, -0.05) is 24.6 Å². The van der Waals surface area contributed by atoms with E-state index in [1.807, 2.05) is 13.8 Å². The smallest absolute Gasteiger partial charge is 0.227 e. The van der Waals surface area contributed by atoms with E-state index in [-0.39, 0.29) is 23.8 Å². The van der Waals surface area contributed by atoms with Gasteiger partial charge in [0.15, 0.2) is 0 Å². The topological polar surface area (TPSA) is 61.4 Å². The number of carbonyl (C=O) groups excluding carboxylic acids is 2. The van der Waals surface area contributed by atoms with E-state index < -0.39 is 0 Å². The van der Waals surface area contributed by atoms with Gasteiger partial charge in [0.25, 0.3) is 0 Å². The maximum absolute atomic E-state index is 12.7. The predicted octanol–water partition coefficient (Wildman–Crippen LogP) is 2.08. The summed E-state index contributed by atoms with van der Waals surface area (Å²) >= 11 is 0. The molecule has 2 saturated heterocycles. The maximum Gasteiger partial charge on any atom is 0.227 e. The molecular formula is C20H29N3O2. The molecule has 2 fully saturated rings. The molecular weight excluding hydrogens is 314 g/mol. The van der Waals surface area contributed by atoms with Gasteiger partial charge in [0.2, 0.25) is 11.8 Å². The number of nitrogens with one attached hydrogen (secondary N) is 2. The molecule has 3 rings (SSSR count). The van der Waals surface area contributed by atoms with Crippen molar-refractivity contribution in [1.82, 2.24) is 10.6 Å². The molecule has 0 aliphatic carbocycles. The Morgan fingerprint density at radius 1 is 1.24 bits per heavy atom.